The first-order valence-corrected chi connectivity index (χ1v) is 8.42. The second-order valence-electron chi connectivity index (χ2n) is 4.74. The lowest BCUT2D eigenvalue weighted by molar-refractivity contribution is -0.151. The van der Waals surface area contributed by atoms with Crippen LogP contribution in [0.15, 0.2) is 11.8 Å². The van der Waals surface area contributed by atoms with Crippen LogP contribution in [0.1, 0.15) is 13.8 Å². The molecule has 0 fully saturated rings. The van der Waals surface area contributed by atoms with Gasteiger partial charge in [0.2, 0.25) is 17.5 Å². The molecular formula is C13H20NO9P. The summed E-state index contributed by atoms with van der Waals surface area (Å²) in [6.45, 7) is 2.36. The van der Waals surface area contributed by atoms with E-state index in [2.05, 4.69) is 10.1 Å². The van der Waals surface area contributed by atoms with Gasteiger partial charge in [-0.1, -0.05) is 0 Å². The van der Waals surface area contributed by atoms with Gasteiger partial charge in [0.1, 0.15) is 12.1 Å². The Kier molecular flexibility index (Phi) is 6.94. The molecule has 0 aromatic rings. The van der Waals surface area contributed by atoms with E-state index >= 15 is 0 Å². The molecule has 24 heavy (non-hydrogen) atoms. The first kappa shape index (κ1) is 20.1. The molecule has 10 nitrogen and oxygen atoms in total. The Hall–Kier alpha value is -1.90. The van der Waals surface area contributed by atoms with Crippen LogP contribution in [0.5, 0.6) is 0 Å². The van der Waals surface area contributed by atoms with Crippen molar-refractivity contribution in [3.05, 3.63) is 11.8 Å². The number of amides is 1. The number of ether oxygens (including phenoxy) is 3. The first-order valence-electron chi connectivity index (χ1n) is 6.80. The van der Waals surface area contributed by atoms with Crippen LogP contribution in [0.4, 0.5) is 0 Å². The van der Waals surface area contributed by atoms with Crippen LogP contribution >= 0.6 is 7.60 Å². The standard InChI is InChI=1S/C13H20NO9P/c1-7(15)14-11-9(22-8(2)16)6-10(12(17)19-3)23-13(11)24(18,20-4)21-5/h6,9,11,13H,1-5H3,(H,14,15)/t9-,11+,13-/m0/s1. The van der Waals surface area contributed by atoms with Crippen LogP contribution in [0.3, 0.4) is 0 Å². The molecule has 1 heterocycles. The van der Waals surface area contributed by atoms with E-state index in [4.69, 9.17) is 18.5 Å². The molecule has 0 radical (unpaired) electrons. The van der Waals surface area contributed by atoms with Crippen molar-refractivity contribution < 1.29 is 42.2 Å². The molecule has 1 amide bonds. The maximum atomic E-state index is 12.7. The maximum absolute atomic E-state index is 12.7. The Labute approximate surface area is 138 Å². The van der Waals surface area contributed by atoms with Crippen molar-refractivity contribution in [1.29, 1.82) is 0 Å². The number of hydrogen-bond donors (Lipinski definition) is 1. The fourth-order valence-electron chi connectivity index (χ4n) is 2.11. The average Bonchev–Trinajstić information content (AvgIpc) is 2.53. The summed E-state index contributed by atoms with van der Waals surface area (Å²) in [5.74, 6) is -3.83. The number of nitrogens with one attached hydrogen (secondary N) is 1. The Morgan fingerprint density at radius 3 is 2.17 bits per heavy atom. The van der Waals surface area contributed by atoms with Crippen molar-refractivity contribution in [3.63, 3.8) is 0 Å². The molecule has 0 aromatic carbocycles. The summed E-state index contributed by atoms with van der Waals surface area (Å²) in [7, 11) is -0.554. The van der Waals surface area contributed by atoms with E-state index in [1.54, 1.807) is 0 Å². The van der Waals surface area contributed by atoms with E-state index in [1.165, 1.54) is 6.92 Å². The number of hydrogen-bond acceptors (Lipinski definition) is 9. The van der Waals surface area contributed by atoms with Gasteiger partial charge in [-0.05, 0) is 0 Å². The predicted molar refractivity (Wildman–Crippen MR) is 79.8 cm³/mol. The molecule has 0 aromatic heterocycles. The van der Waals surface area contributed by atoms with Crippen molar-refractivity contribution in [1.82, 2.24) is 5.32 Å². The monoisotopic (exact) mass is 365 g/mol. The van der Waals surface area contributed by atoms with Gasteiger partial charge in [0.25, 0.3) is 0 Å². The smallest absolute Gasteiger partial charge is 0.373 e. The summed E-state index contributed by atoms with van der Waals surface area (Å²) < 4.78 is 37.6. The van der Waals surface area contributed by atoms with Gasteiger partial charge in [0, 0.05) is 34.1 Å². The van der Waals surface area contributed by atoms with Crippen LogP contribution < -0.4 is 5.32 Å². The third kappa shape index (κ3) is 4.56. The topological polar surface area (TPSA) is 126 Å². The van der Waals surface area contributed by atoms with Gasteiger partial charge in [-0.25, -0.2) is 4.79 Å². The Morgan fingerprint density at radius 2 is 1.75 bits per heavy atom. The lowest BCUT2D eigenvalue weighted by atomic mass is 10.1. The van der Waals surface area contributed by atoms with E-state index in [0.717, 1.165) is 34.3 Å². The molecule has 0 unspecified atom stereocenters. The fourth-order valence-corrected chi connectivity index (χ4v) is 3.55. The number of methoxy groups -OCH3 is 1. The summed E-state index contributed by atoms with van der Waals surface area (Å²) in [5.41, 5.74) is 0. The van der Waals surface area contributed by atoms with Gasteiger partial charge in [-0.15, -0.1) is 0 Å². The highest BCUT2D eigenvalue weighted by molar-refractivity contribution is 7.54. The summed E-state index contributed by atoms with van der Waals surface area (Å²) in [5, 5.41) is 2.47. The van der Waals surface area contributed by atoms with Gasteiger partial charge in [-0.2, -0.15) is 0 Å². The molecule has 3 atom stereocenters. The van der Waals surface area contributed by atoms with Gasteiger partial charge in [0.05, 0.1) is 7.11 Å². The maximum Gasteiger partial charge on any atom is 0.373 e. The zero-order chi connectivity index (χ0) is 18.5. The van der Waals surface area contributed by atoms with Crippen molar-refractivity contribution >= 4 is 25.4 Å². The minimum absolute atomic E-state index is 0.343. The zero-order valence-corrected chi connectivity index (χ0v) is 14.8. The fraction of sp³-hybridized carbons (Fsp3) is 0.615. The number of carbonyl (C=O) groups excluding carboxylic acids is 3. The third-order valence-corrected chi connectivity index (χ3v) is 5.17. The van der Waals surface area contributed by atoms with Crippen LogP contribution in [0, 0.1) is 0 Å². The second-order valence-corrected chi connectivity index (χ2v) is 7.06. The van der Waals surface area contributed by atoms with E-state index < -0.39 is 43.4 Å². The predicted octanol–water partition coefficient (Wildman–Crippen LogP) is 0.322. The van der Waals surface area contributed by atoms with E-state index in [1.807, 2.05) is 0 Å². The molecule has 1 rings (SSSR count). The quantitative estimate of drug-likeness (QED) is 0.523. The average molecular weight is 365 g/mol. The summed E-state index contributed by atoms with van der Waals surface area (Å²) in [6, 6.07) is -1.11. The van der Waals surface area contributed by atoms with Crippen molar-refractivity contribution in [2.24, 2.45) is 0 Å². The molecule has 0 saturated heterocycles. The Bertz CT molecular complexity index is 580. The van der Waals surface area contributed by atoms with Crippen molar-refractivity contribution in [2.45, 2.75) is 31.8 Å². The molecule has 1 N–H and O–H groups in total. The van der Waals surface area contributed by atoms with Gasteiger partial charge in [-0.3, -0.25) is 14.2 Å². The Balaban J connectivity index is 3.38. The van der Waals surface area contributed by atoms with Crippen LogP contribution in [0.2, 0.25) is 0 Å². The lowest BCUT2D eigenvalue weighted by Gasteiger charge is -2.38. The zero-order valence-electron chi connectivity index (χ0n) is 13.9. The highest BCUT2D eigenvalue weighted by Gasteiger charge is 2.50. The molecule has 0 aliphatic carbocycles. The molecule has 11 heteroatoms. The molecule has 0 spiro atoms. The molecule has 1 aliphatic heterocycles. The first-order chi connectivity index (χ1) is 11.2. The van der Waals surface area contributed by atoms with Crippen LogP contribution in [-0.2, 0) is 42.2 Å². The Morgan fingerprint density at radius 1 is 1.17 bits per heavy atom. The highest BCUT2D eigenvalue weighted by Crippen LogP contribution is 2.55. The van der Waals surface area contributed by atoms with Gasteiger partial charge in [0.15, 0.2) is 0 Å². The number of esters is 2. The minimum Gasteiger partial charge on any atom is -0.468 e. The highest BCUT2D eigenvalue weighted by atomic mass is 31.2. The SMILES string of the molecule is COC(=O)C1=C[C@H](OC(C)=O)[C@@H](NC(C)=O)[C@H](P(=O)(OC)OC)O1. The van der Waals surface area contributed by atoms with Gasteiger partial charge < -0.3 is 28.6 Å². The molecule has 0 bridgehead atoms. The third-order valence-electron chi connectivity index (χ3n) is 3.10. The van der Waals surface area contributed by atoms with Crippen molar-refractivity contribution in [3.8, 4) is 0 Å². The van der Waals surface area contributed by atoms with Gasteiger partial charge >= 0.3 is 19.5 Å². The van der Waals surface area contributed by atoms with E-state index in [0.29, 0.717) is 0 Å². The second kappa shape index (κ2) is 8.27. The molecule has 0 saturated carbocycles. The molecule has 1 aliphatic rings. The summed E-state index contributed by atoms with van der Waals surface area (Å²) >= 11 is 0. The normalized spacial score (nSPS) is 23.5. The number of carbonyl (C=O) groups is 3. The number of rotatable bonds is 6. The minimum atomic E-state index is -3.91. The molecule has 136 valence electrons. The lowest BCUT2D eigenvalue weighted by Crippen LogP contribution is -2.54. The van der Waals surface area contributed by atoms with Crippen molar-refractivity contribution in [2.75, 3.05) is 21.3 Å². The molecular weight excluding hydrogens is 345 g/mol. The van der Waals surface area contributed by atoms with Crippen LogP contribution in [-0.4, -0.2) is 57.2 Å². The van der Waals surface area contributed by atoms with Crippen LogP contribution in [0.25, 0.3) is 0 Å². The largest absolute Gasteiger partial charge is 0.468 e. The van der Waals surface area contributed by atoms with E-state index in [9.17, 15) is 18.9 Å². The summed E-state index contributed by atoms with van der Waals surface area (Å²) in [6.07, 6.45) is 0.0119. The van der Waals surface area contributed by atoms with E-state index in [-0.39, 0.29) is 5.76 Å². The summed E-state index contributed by atoms with van der Waals surface area (Å²) in [4.78, 5) is 34.6.